The van der Waals surface area contributed by atoms with Crippen LogP contribution >= 0.6 is 0 Å². The van der Waals surface area contributed by atoms with Gasteiger partial charge in [0.25, 0.3) is 5.91 Å². The van der Waals surface area contributed by atoms with Crippen molar-refractivity contribution in [2.24, 2.45) is 0 Å². The van der Waals surface area contributed by atoms with Gasteiger partial charge < -0.3 is 10.4 Å². The summed E-state index contributed by atoms with van der Waals surface area (Å²) in [7, 11) is 0. The Morgan fingerprint density at radius 2 is 1.77 bits per heavy atom. The third kappa shape index (κ3) is 3.85. The lowest BCUT2D eigenvalue weighted by atomic mass is 10.1. The summed E-state index contributed by atoms with van der Waals surface area (Å²) in [6, 6.07) is 12.2. The van der Waals surface area contributed by atoms with E-state index < -0.39 is 23.7 Å². The number of alkyl halides is 3. The highest BCUT2D eigenvalue weighted by atomic mass is 19.4. The second kappa shape index (κ2) is 6.62. The molecule has 0 bridgehead atoms. The molecule has 0 aliphatic heterocycles. The van der Waals surface area contributed by atoms with Gasteiger partial charge >= 0.3 is 6.18 Å². The third-order valence-electron chi connectivity index (χ3n) is 3.14. The summed E-state index contributed by atoms with van der Waals surface area (Å²) in [5.74, 6) is -0.672. The van der Waals surface area contributed by atoms with Crippen LogP contribution in [0.5, 0.6) is 0 Å². The van der Waals surface area contributed by atoms with Gasteiger partial charge in [0.2, 0.25) is 0 Å². The number of benzene rings is 2. The first kappa shape index (κ1) is 16.0. The van der Waals surface area contributed by atoms with E-state index in [0.29, 0.717) is 5.56 Å². The normalized spacial score (nSPS) is 12.7. The maximum atomic E-state index is 12.7. The van der Waals surface area contributed by atoms with Gasteiger partial charge in [-0.05, 0) is 23.8 Å². The van der Waals surface area contributed by atoms with Crippen LogP contribution in [0.1, 0.15) is 27.5 Å². The predicted molar refractivity (Wildman–Crippen MR) is 75.2 cm³/mol. The molecule has 1 atom stereocenters. The van der Waals surface area contributed by atoms with E-state index in [2.05, 4.69) is 5.32 Å². The number of carbonyl (C=O) groups is 1. The molecule has 1 unspecified atom stereocenters. The van der Waals surface area contributed by atoms with Crippen molar-refractivity contribution in [2.45, 2.75) is 12.2 Å². The lowest BCUT2D eigenvalue weighted by molar-refractivity contribution is -0.137. The predicted octanol–water partition coefficient (Wildman–Crippen LogP) is 3.17. The van der Waals surface area contributed by atoms with Gasteiger partial charge in [-0.2, -0.15) is 13.2 Å². The van der Waals surface area contributed by atoms with E-state index in [4.69, 9.17) is 0 Å². The molecule has 2 N–H and O–H groups in total. The van der Waals surface area contributed by atoms with Crippen LogP contribution < -0.4 is 5.32 Å². The van der Waals surface area contributed by atoms with Gasteiger partial charge in [0.1, 0.15) is 0 Å². The molecule has 1 amide bonds. The second-order valence-corrected chi connectivity index (χ2v) is 4.70. The minimum Gasteiger partial charge on any atom is -0.394 e. The third-order valence-corrected chi connectivity index (χ3v) is 3.14. The van der Waals surface area contributed by atoms with Crippen molar-refractivity contribution < 1.29 is 23.1 Å². The first-order valence-corrected chi connectivity index (χ1v) is 6.55. The molecule has 0 fully saturated rings. The van der Waals surface area contributed by atoms with E-state index in [0.717, 1.165) is 12.1 Å². The number of hydrogen-bond acceptors (Lipinski definition) is 2. The molecule has 0 radical (unpaired) electrons. The summed E-state index contributed by atoms with van der Waals surface area (Å²) < 4.78 is 38.0. The summed E-state index contributed by atoms with van der Waals surface area (Å²) >= 11 is 0. The second-order valence-electron chi connectivity index (χ2n) is 4.70. The van der Waals surface area contributed by atoms with Crippen molar-refractivity contribution in [3.8, 4) is 0 Å². The molecule has 2 aromatic rings. The number of aliphatic hydroxyl groups is 1. The first-order valence-electron chi connectivity index (χ1n) is 6.55. The Labute approximate surface area is 125 Å². The van der Waals surface area contributed by atoms with Crippen LogP contribution in [0.25, 0.3) is 0 Å². The Kier molecular flexibility index (Phi) is 4.82. The molecule has 6 heteroatoms. The monoisotopic (exact) mass is 309 g/mol. The quantitative estimate of drug-likeness (QED) is 0.911. The van der Waals surface area contributed by atoms with Crippen LogP contribution in [0.15, 0.2) is 54.6 Å². The van der Waals surface area contributed by atoms with Crippen molar-refractivity contribution in [1.29, 1.82) is 0 Å². The highest BCUT2D eigenvalue weighted by Crippen LogP contribution is 2.29. The fourth-order valence-corrected chi connectivity index (χ4v) is 2.00. The van der Waals surface area contributed by atoms with Crippen LogP contribution in [0.4, 0.5) is 13.2 Å². The summed E-state index contributed by atoms with van der Waals surface area (Å²) in [6.45, 7) is -0.352. The highest BCUT2D eigenvalue weighted by Gasteiger charge is 2.31. The Bertz CT molecular complexity index is 641. The van der Waals surface area contributed by atoms with Crippen molar-refractivity contribution >= 4 is 5.91 Å². The van der Waals surface area contributed by atoms with Gasteiger partial charge in [0, 0.05) is 5.56 Å². The zero-order valence-corrected chi connectivity index (χ0v) is 11.5. The Morgan fingerprint density at radius 3 is 2.36 bits per heavy atom. The van der Waals surface area contributed by atoms with Gasteiger partial charge in [-0.1, -0.05) is 36.4 Å². The minimum absolute atomic E-state index is 0.107. The molecule has 0 aromatic heterocycles. The molecule has 0 saturated carbocycles. The number of aliphatic hydroxyl groups excluding tert-OH is 1. The number of amides is 1. The number of nitrogens with one attached hydrogen (secondary N) is 1. The number of carbonyl (C=O) groups excluding carboxylic acids is 1. The van der Waals surface area contributed by atoms with E-state index in [-0.39, 0.29) is 12.2 Å². The van der Waals surface area contributed by atoms with Crippen LogP contribution in [-0.2, 0) is 6.18 Å². The van der Waals surface area contributed by atoms with Crippen molar-refractivity contribution in [2.75, 3.05) is 6.61 Å². The molecular formula is C16H14F3NO2. The molecule has 22 heavy (non-hydrogen) atoms. The minimum atomic E-state index is -4.51. The topological polar surface area (TPSA) is 49.3 Å². The highest BCUT2D eigenvalue weighted by molar-refractivity contribution is 5.94. The van der Waals surface area contributed by atoms with Gasteiger partial charge in [-0.25, -0.2) is 0 Å². The summed E-state index contributed by atoms with van der Waals surface area (Å²) in [5, 5.41) is 11.9. The molecule has 0 aliphatic carbocycles. The Morgan fingerprint density at radius 1 is 1.09 bits per heavy atom. The van der Waals surface area contributed by atoms with Crippen LogP contribution in [0, 0.1) is 0 Å². The zero-order chi connectivity index (χ0) is 16.2. The van der Waals surface area contributed by atoms with E-state index in [1.54, 1.807) is 30.3 Å². The number of rotatable bonds is 4. The summed E-state index contributed by atoms with van der Waals surface area (Å²) in [6.07, 6.45) is -4.51. The van der Waals surface area contributed by atoms with E-state index in [1.165, 1.54) is 12.1 Å². The maximum Gasteiger partial charge on any atom is 0.416 e. The van der Waals surface area contributed by atoms with E-state index >= 15 is 0 Å². The molecule has 0 saturated heterocycles. The average Bonchev–Trinajstić information content (AvgIpc) is 2.52. The lowest BCUT2D eigenvalue weighted by Gasteiger charge is -2.17. The molecule has 0 spiro atoms. The molecule has 0 heterocycles. The summed E-state index contributed by atoms with van der Waals surface area (Å²) in [5.41, 5.74) is -0.324. The van der Waals surface area contributed by atoms with Crippen molar-refractivity contribution in [3.63, 3.8) is 0 Å². The Balaban J connectivity index is 2.18. The first-order chi connectivity index (χ1) is 10.4. The average molecular weight is 309 g/mol. The van der Waals surface area contributed by atoms with Crippen LogP contribution in [0.3, 0.4) is 0 Å². The zero-order valence-electron chi connectivity index (χ0n) is 11.5. The SMILES string of the molecule is O=C(NC(CO)c1ccccc1)c1cccc(C(F)(F)F)c1. The fraction of sp³-hybridized carbons (Fsp3) is 0.188. The van der Waals surface area contributed by atoms with Crippen molar-refractivity contribution in [3.05, 3.63) is 71.3 Å². The number of hydrogen-bond donors (Lipinski definition) is 2. The molecule has 2 rings (SSSR count). The lowest BCUT2D eigenvalue weighted by Crippen LogP contribution is -2.30. The van der Waals surface area contributed by atoms with Crippen LogP contribution in [0.2, 0.25) is 0 Å². The standard InChI is InChI=1S/C16H14F3NO2/c17-16(18,19)13-8-4-7-12(9-13)15(22)20-14(10-21)11-5-2-1-3-6-11/h1-9,14,21H,10H2,(H,20,22). The summed E-state index contributed by atoms with van der Waals surface area (Å²) in [4.78, 5) is 12.1. The maximum absolute atomic E-state index is 12.7. The number of halogens is 3. The Hall–Kier alpha value is -2.34. The van der Waals surface area contributed by atoms with Gasteiger partial charge in [0.05, 0.1) is 18.2 Å². The molecular weight excluding hydrogens is 295 g/mol. The van der Waals surface area contributed by atoms with Gasteiger partial charge in [0.15, 0.2) is 0 Å². The molecule has 2 aromatic carbocycles. The molecule has 116 valence electrons. The van der Waals surface area contributed by atoms with Crippen LogP contribution in [-0.4, -0.2) is 17.6 Å². The smallest absolute Gasteiger partial charge is 0.394 e. The van der Waals surface area contributed by atoms with Gasteiger partial charge in [-0.3, -0.25) is 4.79 Å². The van der Waals surface area contributed by atoms with Crippen molar-refractivity contribution in [1.82, 2.24) is 5.32 Å². The molecule has 3 nitrogen and oxygen atoms in total. The van der Waals surface area contributed by atoms with E-state index in [9.17, 15) is 23.1 Å². The van der Waals surface area contributed by atoms with E-state index in [1.807, 2.05) is 0 Å². The fourth-order valence-electron chi connectivity index (χ4n) is 2.00. The molecule has 0 aliphatic rings. The largest absolute Gasteiger partial charge is 0.416 e. The van der Waals surface area contributed by atoms with Gasteiger partial charge in [-0.15, -0.1) is 0 Å².